The second-order valence-electron chi connectivity index (χ2n) is 13.1. The molecular formula is C36H54N6O5. The largest absolute Gasteiger partial charge is 0.378 e. The number of benzene rings is 1. The summed E-state index contributed by atoms with van der Waals surface area (Å²) in [5.41, 5.74) is 2.49. The van der Waals surface area contributed by atoms with Crippen LogP contribution in [-0.2, 0) is 30.2 Å². The zero-order chi connectivity index (χ0) is 32.9. The average molecular weight is 651 g/mol. The van der Waals surface area contributed by atoms with E-state index in [1.807, 2.05) is 17.9 Å². The van der Waals surface area contributed by atoms with Gasteiger partial charge in [0.2, 0.25) is 0 Å². The van der Waals surface area contributed by atoms with Gasteiger partial charge in [0.05, 0.1) is 64.1 Å². The molecule has 11 heteroatoms. The summed E-state index contributed by atoms with van der Waals surface area (Å²) in [6.07, 6.45) is 13.8. The summed E-state index contributed by atoms with van der Waals surface area (Å²) in [4.78, 5) is 4.83. The van der Waals surface area contributed by atoms with Crippen LogP contribution in [0.4, 0.5) is 5.82 Å². The minimum atomic E-state index is -0.0638. The fourth-order valence-electron chi connectivity index (χ4n) is 7.13. The molecule has 3 fully saturated rings. The van der Waals surface area contributed by atoms with Crippen LogP contribution in [0.2, 0.25) is 0 Å². The van der Waals surface area contributed by atoms with Gasteiger partial charge in [0, 0.05) is 44.7 Å². The Morgan fingerprint density at radius 3 is 2.28 bits per heavy atom. The molecule has 2 atom stereocenters. The van der Waals surface area contributed by atoms with E-state index >= 15 is 0 Å². The van der Waals surface area contributed by atoms with E-state index < -0.39 is 0 Å². The Labute approximate surface area is 280 Å². The molecule has 258 valence electrons. The summed E-state index contributed by atoms with van der Waals surface area (Å²) in [5.74, 6) is 3.87. The van der Waals surface area contributed by atoms with Crippen molar-refractivity contribution in [3.05, 3.63) is 47.7 Å². The normalized spacial score (nSPS) is 20.9. The van der Waals surface area contributed by atoms with Gasteiger partial charge in [0.25, 0.3) is 0 Å². The zero-order valence-electron chi connectivity index (χ0n) is 28.3. The molecule has 0 amide bonds. The molecule has 2 aromatic rings. The quantitative estimate of drug-likeness (QED) is 0.0991. The molecule has 3 aliphatic rings. The van der Waals surface area contributed by atoms with E-state index in [1.165, 1.54) is 31.2 Å². The van der Waals surface area contributed by atoms with Crippen molar-refractivity contribution in [2.24, 2.45) is 5.41 Å². The molecule has 2 saturated heterocycles. The molecule has 2 unspecified atom stereocenters. The molecular weight excluding hydrogens is 596 g/mol. The van der Waals surface area contributed by atoms with Crippen molar-refractivity contribution in [2.45, 2.75) is 70.4 Å². The molecule has 3 heterocycles. The van der Waals surface area contributed by atoms with Gasteiger partial charge in [0.15, 0.2) is 6.23 Å². The number of nitrogens with zero attached hydrogens (tertiary/aromatic N) is 4. The van der Waals surface area contributed by atoms with Crippen molar-refractivity contribution < 1.29 is 23.7 Å². The van der Waals surface area contributed by atoms with Crippen LogP contribution in [0.25, 0.3) is 0 Å². The predicted molar refractivity (Wildman–Crippen MR) is 183 cm³/mol. The van der Waals surface area contributed by atoms with Crippen LogP contribution < -0.4 is 5.32 Å². The maximum Gasteiger partial charge on any atom is 0.152 e. The number of aromatic nitrogens is 2. The molecule has 47 heavy (non-hydrogen) atoms. The molecule has 2 N–H and O–H groups in total. The molecule has 0 radical (unpaired) electrons. The first-order chi connectivity index (χ1) is 23.0. The van der Waals surface area contributed by atoms with Gasteiger partial charge in [-0.15, -0.1) is 6.42 Å². The fourth-order valence-corrected chi connectivity index (χ4v) is 7.13. The third kappa shape index (κ3) is 9.78. The topological polar surface area (TPSA) is 106 Å². The van der Waals surface area contributed by atoms with Gasteiger partial charge < -0.3 is 33.9 Å². The highest BCUT2D eigenvalue weighted by Crippen LogP contribution is 2.46. The van der Waals surface area contributed by atoms with Crippen molar-refractivity contribution in [2.75, 3.05) is 84.9 Å². The van der Waals surface area contributed by atoms with E-state index in [0.29, 0.717) is 70.1 Å². The van der Waals surface area contributed by atoms with Crippen LogP contribution >= 0.6 is 0 Å². The summed E-state index contributed by atoms with van der Waals surface area (Å²) in [7, 11) is 1.90. The smallest absolute Gasteiger partial charge is 0.152 e. The van der Waals surface area contributed by atoms with Gasteiger partial charge in [-0.1, -0.05) is 36.3 Å². The summed E-state index contributed by atoms with van der Waals surface area (Å²) < 4.78 is 30.3. The molecule has 1 spiro atoms. The lowest BCUT2D eigenvalue weighted by molar-refractivity contribution is -0.0202. The van der Waals surface area contributed by atoms with E-state index in [9.17, 15) is 0 Å². The summed E-state index contributed by atoms with van der Waals surface area (Å²) >= 11 is 0. The van der Waals surface area contributed by atoms with Gasteiger partial charge >= 0.3 is 0 Å². The highest BCUT2D eigenvalue weighted by atomic mass is 16.6. The Kier molecular flexibility index (Phi) is 13.5. The van der Waals surface area contributed by atoms with Crippen molar-refractivity contribution >= 4 is 11.7 Å². The Hall–Kier alpha value is -2.98. The SMILES string of the molecule is C#CCOCCOCCOCCOCCN(Cc1ccccc1)C1CCC2(CC1)CN(C(=N)c1cnn(C3CCC(C)O3)c1NC)C2. The molecule has 5 rings (SSSR count). The first-order valence-corrected chi connectivity index (χ1v) is 17.3. The number of nitrogens with one attached hydrogen (secondary N) is 2. The number of hydrogen-bond acceptors (Lipinski definition) is 9. The van der Waals surface area contributed by atoms with E-state index in [-0.39, 0.29) is 12.3 Å². The third-order valence-electron chi connectivity index (χ3n) is 9.72. The van der Waals surface area contributed by atoms with Crippen molar-refractivity contribution in [3.8, 4) is 12.3 Å². The van der Waals surface area contributed by atoms with Crippen molar-refractivity contribution in [3.63, 3.8) is 0 Å². The first kappa shape index (κ1) is 35.3. The zero-order valence-corrected chi connectivity index (χ0v) is 28.3. The maximum absolute atomic E-state index is 9.03. The van der Waals surface area contributed by atoms with Crippen molar-refractivity contribution in [1.82, 2.24) is 19.6 Å². The molecule has 1 saturated carbocycles. The van der Waals surface area contributed by atoms with Crippen LogP contribution in [0.1, 0.15) is 62.8 Å². The summed E-state index contributed by atoms with van der Waals surface area (Å²) in [6.45, 7) is 10.0. The second kappa shape index (κ2) is 18.0. The lowest BCUT2D eigenvalue weighted by atomic mass is 9.67. The Balaban J connectivity index is 1.04. The molecule has 1 aliphatic carbocycles. The Morgan fingerprint density at radius 1 is 1.00 bits per heavy atom. The molecule has 1 aromatic heterocycles. The number of ether oxygens (including phenoxy) is 5. The molecule has 2 aliphatic heterocycles. The summed E-state index contributed by atoms with van der Waals surface area (Å²) in [6, 6.07) is 11.3. The maximum atomic E-state index is 9.03. The predicted octanol–water partition coefficient (Wildman–Crippen LogP) is 4.39. The minimum absolute atomic E-state index is 0.0638. The van der Waals surface area contributed by atoms with E-state index in [0.717, 1.165) is 50.4 Å². The van der Waals surface area contributed by atoms with Gasteiger partial charge in [-0.05, 0) is 51.0 Å². The first-order valence-electron chi connectivity index (χ1n) is 17.3. The molecule has 1 aromatic carbocycles. The number of likely N-dealkylation sites (tertiary alicyclic amines) is 1. The lowest BCUT2D eigenvalue weighted by Gasteiger charge is -2.55. The average Bonchev–Trinajstić information content (AvgIpc) is 3.71. The Bertz CT molecular complexity index is 1270. The van der Waals surface area contributed by atoms with E-state index in [4.69, 9.17) is 35.5 Å². The lowest BCUT2D eigenvalue weighted by Crippen LogP contribution is -2.60. The van der Waals surface area contributed by atoms with Gasteiger partial charge in [-0.3, -0.25) is 10.3 Å². The van der Waals surface area contributed by atoms with Crippen LogP contribution in [0.15, 0.2) is 36.5 Å². The highest BCUT2D eigenvalue weighted by Gasteiger charge is 2.47. The monoisotopic (exact) mass is 650 g/mol. The standard InChI is InChI=1S/C36H54N6O5/c1-4-17-43-19-21-45-23-24-46-22-20-44-18-16-40(26-30-8-6-5-7-9-30)31-12-14-36(15-13-31)27-41(28-36)34(37)32-25-39-42(35(32)38-3)33-11-10-29(2)47-33/h1,5-9,25,29,31,33,37-38H,10-24,26-28H2,2-3H3. The van der Waals surface area contributed by atoms with Crippen LogP contribution in [0, 0.1) is 23.2 Å². The van der Waals surface area contributed by atoms with Crippen LogP contribution in [0.3, 0.4) is 0 Å². The fraction of sp³-hybridized carbons (Fsp3) is 0.667. The van der Waals surface area contributed by atoms with Crippen molar-refractivity contribution in [1.29, 1.82) is 5.41 Å². The Morgan fingerprint density at radius 2 is 1.66 bits per heavy atom. The van der Waals surface area contributed by atoms with E-state index in [1.54, 1.807) is 0 Å². The minimum Gasteiger partial charge on any atom is -0.378 e. The van der Waals surface area contributed by atoms with Gasteiger partial charge in [-0.2, -0.15) is 5.10 Å². The second-order valence-corrected chi connectivity index (χ2v) is 13.1. The third-order valence-corrected chi connectivity index (χ3v) is 9.72. The molecule has 11 nitrogen and oxygen atoms in total. The number of anilines is 1. The van der Waals surface area contributed by atoms with Gasteiger partial charge in [-0.25, -0.2) is 4.68 Å². The van der Waals surface area contributed by atoms with Crippen LogP contribution in [0.5, 0.6) is 0 Å². The number of hydrogen-bond donors (Lipinski definition) is 2. The highest BCUT2D eigenvalue weighted by molar-refractivity contribution is 6.01. The number of amidine groups is 1. The van der Waals surface area contributed by atoms with Crippen LogP contribution in [-0.4, -0.2) is 117 Å². The summed E-state index contributed by atoms with van der Waals surface area (Å²) in [5, 5.41) is 16.9. The molecule has 0 bridgehead atoms. The number of rotatable bonds is 19. The number of terminal acetylenes is 1. The van der Waals surface area contributed by atoms with E-state index in [2.05, 4.69) is 63.4 Å². The van der Waals surface area contributed by atoms with Gasteiger partial charge in [0.1, 0.15) is 18.3 Å².